The highest BCUT2D eigenvalue weighted by Gasteiger charge is 2.10. The first kappa shape index (κ1) is 27.2. The van der Waals surface area contributed by atoms with Crippen LogP contribution in [-0.2, 0) is 13.1 Å². The third kappa shape index (κ3) is 11.1. The van der Waals surface area contributed by atoms with Crippen molar-refractivity contribution in [3.8, 4) is 5.75 Å². The summed E-state index contributed by atoms with van der Waals surface area (Å²) in [7, 11) is 0. The Morgan fingerprint density at radius 1 is 0.879 bits per heavy atom. The number of hydrogen-bond acceptors (Lipinski definition) is 2. The predicted octanol–water partition coefficient (Wildman–Crippen LogP) is 7.27. The third-order valence-corrected chi connectivity index (χ3v) is 6.14. The van der Waals surface area contributed by atoms with Gasteiger partial charge in [-0.25, -0.2) is 4.57 Å². The van der Waals surface area contributed by atoms with Gasteiger partial charge in [-0.2, -0.15) is 0 Å². The van der Waals surface area contributed by atoms with Crippen LogP contribution in [0.1, 0.15) is 100 Å². The molecule has 0 radical (unpaired) electrons. The first-order chi connectivity index (χ1) is 16.1. The summed E-state index contributed by atoms with van der Waals surface area (Å²) < 4.78 is 7.98. The van der Waals surface area contributed by atoms with Gasteiger partial charge in [-0.05, 0) is 30.2 Å². The first-order valence-electron chi connectivity index (χ1n) is 12.8. The molecule has 0 aliphatic heterocycles. The van der Waals surface area contributed by atoms with E-state index in [4.69, 9.17) is 16.3 Å². The molecule has 1 heterocycles. The van der Waals surface area contributed by atoms with Crippen molar-refractivity contribution in [1.82, 2.24) is 5.32 Å². The highest BCUT2D eigenvalue weighted by molar-refractivity contribution is 6.32. The minimum Gasteiger partial charge on any atom is -0.492 e. The maximum Gasteiger partial charge on any atom is 0.251 e. The van der Waals surface area contributed by atoms with Crippen molar-refractivity contribution >= 4 is 17.5 Å². The van der Waals surface area contributed by atoms with Crippen molar-refractivity contribution in [1.29, 1.82) is 0 Å². The van der Waals surface area contributed by atoms with Crippen LogP contribution in [0.4, 0.5) is 0 Å². The van der Waals surface area contributed by atoms with E-state index in [1.807, 2.05) is 24.5 Å². The molecule has 2 aromatic rings. The molecule has 0 unspecified atom stereocenters. The molecule has 1 amide bonds. The Morgan fingerprint density at radius 2 is 1.52 bits per heavy atom. The van der Waals surface area contributed by atoms with Crippen LogP contribution in [0.5, 0.6) is 5.75 Å². The molecular weight excluding hydrogens is 432 g/mol. The van der Waals surface area contributed by atoms with Gasteiger partial charge in [-0.3, -0.25) is 4.79 Å². The van der Waals surface area contributed by atoms with Gasteiger partial charge in [-0.15, -0.1) is 0 Å². The second-order valence-electron chi connectivity index (χ2n) is 8.80. The predicted molar refractivity (Wildman–Crippen MR) is 137 cm³/mol. The fraction of sp³-hybridized carbons (Fsp3) is 0.571. The molecular formula is C28H42ClN2O2+. The maximum atomic E-state index is 12.5. The van der Waals surface area contributed by atoms with Crippen LogP contribution in [0.3, 0.4) is 0 Å². The lowest BCUT2D eigenvalue weighted by Gasteiger charge is -2.10. The second kappa shape index (κ2) is 16.5. The largest absolute Gasteiger partial charge is 0.492 e. The number of amides is 1. The number of carbonyl (C=O) groups is 1. The van der Waals surface area contributed by atoms with Crippen molar-refractivity contribution in [2.24, 2.45) is 0 Å². The van der Waals surface area contributed by atoms with Gasteiger partial charge >= 0.3 is 0 Å². The summed E-state index contributed by atoms with van der Waals surface area (Å²) in [5, 5.41) is 3.44. The Hall–Kier alpha value is -2.07. The summed E-state index contributed by atoms with van der Waals surface area (Å²) in [6.45, 7) is 6.56. The smallest absolute Gasteiger partial charge is 0.251 e. The number of aromatic nitrogens is 1. The lowest BCUT2D eigenvalue weighted by atomic mass is 10.1. The zero-order valence-corrected chi connectivity index (χ0v) is 21.3. The number of halogens is 1. The Labute approximate surface area is 205 Å². The number of unbranched alkanes of at least 4 members (excludes halogenated alkanes) is 9. The van der Waals surface area contributed by atoms with E-state index >= 15 is 0 Å². The van der Waals surface area contributed by atoms with Gasteiger partial charge in [0.25, 0.3) is 5.91 Å². The number of carbonyl (C=O) groups excluding carboxylic acids is 1. The van der Waals surface area contributed by atoms with Gasteiger partial charge in [-0.1, -0.05) is 83.2 Å². The number of aryl methyl sites for hydroxylation is 1. The lowest BCUT2D eigenvalue weighted by Crippen LogP contribution is -2.32. The standard InChI is InChI=1S/C28H41ClN2O2/c1-3-5-6-7-8-9-10-11-12-13-21-33-27-15-14-25(22-26(27)29)28(32)30-23-24-16-19-31(18-4-2)20-17-24/h14-17,19-20,22H,3-13,18,21,23H2,1-2H3/p+1. The van der Waals surface area contributed by atoms with Crippen LogP contribution in [0.25, 0.3) is 0 Å². The van der Waals surface area contributed by atoms with Crippen LogP contribution < -0.4 is 14.6 Å². The molecule has 0 bridgehead atoms. The summed E-state index contributed by atoms with van der Waals surface area (Å²) in [4.78, 5) is 12.5. The highest BCUT2D eigenvalue weighted by Crippen LogP contribution is 2.26. The topological polar surface area (TPSA) is 42.2 Å². The molecule has 1 aromatic carbocycles. The Bertz CT molecular complexity index is 808. The number of ether oxygens (including phenoxy) is 1. The van der Waals surface area contributed by atoms with Gasteiger partial charge in [0.15, 0.2) is 12.4 Å². The Balaban J connectivity index is 1.63. The number of nitrogens with zero attached hydrogens (tertiary/aromatic N) is 1. The molecule has 0 saturated heterocycles. The maximum absolute atomic E-state index is 12.5. The average Bonchev–Trinajstić information content (AvgIpc) is 2.83. The molecule has 0 spiro atoms. The Kier molecular flexibility index (Phi) is 13.6. The molecule has 0 aliphatic carbocycles. The SMILES string of the molecule is CCCCCCCCCCCCOc1ccc(C(=O)NCc2cc[n+](CCC)cc2)cc1Cl. The van der Waals surface area contributed by atoms with E-state index in [0.717, 1.165) is 24.9 Å². The van der Waals surface area contributed by atoms with Crippen molar-refractivity contribution < 1.29 is 14.1 Å². The fourth-order valence-corrected chi connectivity index (χ4v) is 4.06. The van der Waals surface area contributed by atoms with Gasteiger partial charge in [0.2, 0.25) is 0 Å². The Morgan fingerprint density at radius 3 is 2.12 bits per heavy atom. The van der Waals surface area contributed by atoms with Crippen LogP contribution in [-0.4, -0.2) is 12.5 Å². The molecule has 0 fully saturated rings. The van der Waals surface area contributed by atoms with Gasteiger partial charge in [0, 0.05) is 30.7 Å². The molecule has 5 heteroatoms. The number of benzene rings is 1. The molecule has 2 rings (SSSR count). The molecule has 33 heavy (non-hydrogen) atoms. The summed E-state index contributed by atoms with van der Waals surface area (Å²) >= 11 is 6.36. The van der Waals surface area contributed by atoms with Crippen LogP contribution in [0, 0.1) is 0 Å². The summed E-state index contributed by atoms with van der Waals surface area (Å²) in [6.07, 6.45) is 18.2. The highest BCUT2D eigenvalue weighted by atomic mass is 35.5. The van der Waals surface area contributed by atoms with E-state index in [1.165, 1.54) is 57.8 Å². The van der Waals surface area contributed by atoms with E-state index < -0.39 is 0 Å². The minimum absolute atomic E-state index is 0.136. The normalized spacial score (nSPS) is 10.9. The van der Waals surface area contributed by atoms with Crippen molar-refractivity contribution in [3.05, 3.63) is 58.9 Å². The average molecular weight is 474 g/mol. The quantitative estimate of drug-likeness (QED) is 0.194. The number of hydrogen-bond donors (Lipinski definition) is 1. The van der Waals surface area contributed by atoms with E-state index in [-0.39, 0.29) is 5.91 Å². The number of nitrogens with one attached hydrogen (secondary N) is 1. The van der Waals surface area contributed by atoms with Crippen LogP contribution in [0.2, 0.25) is 5.02 Å². The molecule has 0 aliphatic rings. The molecule has 182 valence electrons. The summed E-state index contributed by atoms with van der Waals surface area (Å²) in [5.41, 5.74) is 1.61. The number of rotatable bonds is 17. The lowest BCUT2D eigenvalue weighted by molar-refractivity contribution is -0.697. The van der Waals surface area contributed by atoms with Crippen molar-refractivity contribution in [2.45, 2.75) is 97.6 Å². The van der Waals surface area contributed by atoms with Gasteiger partial charge in [0.05, 0.1) is 11.6 Å². The zero-order valence-electron chi connectivity index (χ0n) is 20.6. The first-order valence-corrected chi connectivity index (χ1v) is 13.2. The second-order valence-corrected chi connectivity index (χ2v) is 9.21. The monoisotopic (exact) mass is 473 g/mol. The number of pyridine rings is 1. The molecule has 4 nitrogen and oxygen atoms in total. The van der Waals surface area contributed by atoms with E-state index in [1.54, 1.807) is 18.2 Å². The third-order valence-electron chi connectivity index (χ3n) is 5.84. The summed E-state index contributed by atoms with van der Waals surface area (Å²) in [5.74, 6) is 0.510. The molecule has 0 atom stereocenters. The zero-order chi connectivity index (χ0) is 23.7. The van der Waals surface area contributed by atoms with E-state index in [9.17, 15) is 4.79 Å². The fourth-order valence-electron chi connectivity index (χ4n) is 3.83. The van der Waals surface area contributed by atoms with Crippen molar-refractivity contribution in [3.63, 3.8) is 0 Å². The van der Waals surface area contributed by atoms with Crippen molar-refractivity contribution in [2.75, 3.05) is 6.61 Å². The summed E-state index contributed by atoms with van der Waals surface area (Å²) in [6, 6.07) is 9.32. The van der Waals surface area contributed by atoms with Crippen LogP contribution >= 0.6 is 11.6 Å². The van der Waals surface area contributed by atoms with E-state index in [2.05, 4.69) is 23.7 Å². The molecule has 1 N–H and O–H groups in total. The van der Waals surface area contributed by atoms with Crippen LogP contribution in [0.15, 0.2) is 42.7 Å². The minimum atomic E-state index is -0.136. The van der Waals surface area contributed by atoms with Gasteiger partial charge < -0.3 is 10.1 Å². The molecule has 1 aromatic heterocycles. The van der Waals surface area contributed by atoms with Gasteiger partial charge in [0.1, 0.15) is 12.3 Å². The molecule has 0 saturated carbocycles. The van der Waals surface area contributed by atoms with E-state index in [0.29, 0.717) is 29.5 Å².